The van der Waals surface area contributed by atoms with Gasteiger partial charge >= 0.3 is 0 Å². The molecule has 4 heteroatoms. The number of hydrogen-bond donors (Lipinski definition) is 0. The van der Waals surface area contributed by atoms with Gasteiger partial charge in [-0.25, -0.2) is 4.98 Å². The molecule has 0 saturated carbocycles. The lowest BCUT2D eigenvalue weighted by molar-refractivity contribution is 0.101. The van der Waals surface area contributed by atoms with Gasteiger partial charge in [0.2, 0.25) is 0 Å². The van der Waals surface area contributed by atoms with Gasteiger partial charge in [-0.2, -0.15) is 0 Å². The van der Waals surface area contributed by atoms with Crippen LogP contribution in [0.1, 0.15) is 43.6 Å². The van der Waals surface area contributed by atoms with Crippen LogP contribution < -0.4 is 4.90 Å². The zero-order chi connectivity index (χ0) is 11.3. The van der Waals surface area contributed by atoms with E-state index in [1.807, 2.05) is 12.4 Å². The van der Waals surface area contributed by atoms with Gasteiger partial charge in [0, 0.05) is 25.9 Å². The number of carbonyl (C=O) groups excluding carboxylic acids is 1. The van der Waals surface area contributed by atoms with E-state index >= 15 is 0 Å². The molecule has 1 heterocycles. The zero-order valence-electron chi connectivity index (χ0n) is 9.62. The smallest absolute Gasteiger partial charge is 0.185 e. The Bertz CT molecular complexity index is 322. The molecule has 0 N–H and O–H groups in total. The molecule has 0 bridgehead atoms. The van der Waals surface area contributed by atoms with Gasteiger partial charge in [0.25, 0.3) is 0 Å². The number of aromatic nitrogens is 1. The number of unbranched alkanes of at least 4 members (excludes halogenated alkanes) is 2. The van der Waals surface area contributed by atoms with Crippen molar-refractivity contribution < 1.29 is 4.79 Å². The van der Waals surface area contributed by atoms with Gasteiger partial charge < -0.3 is 4.90 Å². The highest BCUT2D eigenvalue weighted by Gasteiger charge is 2.08. The molecule has 0 aliphatic carbocycles. The molecule has 0 aliphatic heterocycles. The van der Waals surface area contributed by atoms with Crippen molar-refractivity contribution in [3.8, 4) is 0 Å². The monoisotopic (exact) mass is 226 g/mol. The minimum absolute atomic E-state index is 0.0412. The topological polar surface area (TPSA) is 33.2 Å². The fourth-order valence-electron chi connectivity index (χ4n) is 1.30. The number of anilines is 1. The highest BCUT2D eigenvalue weighted by molar-refractivity contribution is 7.13. The van der Waals surface area contributed by atoms with Crippen LogP contribution in [-0.2, 0) is 0 Å². The maximum atomic E-state index is 11.1. The fourth-order valence-corrected chi connectivity index (χ4v) is 2.15. The third kappa shape index (κ3) is 3.63. The van der Waals surface area contributed by atoms with Crippen molar-refractivity contribution in [3.63, 3.8) is 0 Å². The maximum absolute atomic E-state index is 11.1. The second kappa shape index (κ2) is 5.85. The molecule has 1 aromatic heterocycles. The summed E-state index contributed by atoms with van der Waals surface area (Å²) in [6.07, 6.45) is 3.65. The summed E-state index contributed by atoms with van der Waals surface area (Å²) >= 11 is 1.54. The molecule has 0 amide bonds. The van der Waals surface area contributed by atoms with Crippen molar-refractivity contribution in [2.24, 2.45) is 0 Å². The van der Waals surface area contributed by atoms with E-state index in [-0.39, 0.29) is 5.78 Å². The van der Waals surface area contributed by atoms with Gasteiger partial charge in [0.05, 0.1) is 0 Å². The van der Waals surface area contributed by atoms with E-state index in [1.165, 1.54) is 30.6 Å². The van der Waals surface area contributed by atoms with Crippen molar-refractivity contribution in [1.82, 2.24) is 4.98 Å². The van der Waals surface area contributed by atoms with E-state index in [1.54, 1.807) is 6.92 Å². The van der Waals surface area contributed by atoms with Crippen LogP contribution in [0.4, 0.5) is 5.13 Å². The second-order valence-electron chi connectivity index (χ2n) is 3.70. The summed E-state index contributed by atoms with van der Waals surface area (Å²) in [5.74, 6) is 0.0412. The lowest BCUT2D eigenvalue weighted by Crippen LogP contribution is -2.18. The van der Waals surface area contributed by atoms with Crippen LogP contribution in [0.15, 0.2) is 5.38 Å². The van der Waals surface area contributed by atoms with E-state index < -0.39 is 0 Å². The SMILES string of the molecule is CCCCCN(C)c1nc(C(C)=O)cs1. The molecular weight excluding hydrogens is 208 g/mol. The molecule has 0 spiro atoms. The summed E-state index contributed by atoms with van der Waals surface area (Å²) in [6, 6.07) is 0. The predicted octanol–water partition coefficient (Wildman–Crippen LogP) is 2.97. The van der Waals surface area contributed by atoms with Crippen molar-refractivity contribution in [2.45, 2.75) is 33.1 Å². The Labute approximate surface area is 95.1 Å². The van der Waals surface area contributed by atoms with Crippen molar-refractivity contribution >= 4 is 22.3 Å². The maximum Gasteiger partial charge on any atom is 0.185 e. The molecule has 15 heavy (non-hydrogen) atoms. The Balaban J connectivity index is 2.50. The predicted molar refractivity (Wildman–Crippen MR) is 64.9 cm³/mol. The Morgan fingerprint density at radius 2 is 2.27 bits per heavy atom. The normalized spacial score (nSPS) is 10.3. The molecule has 1 rings (SSSR count). The lowest BCUT2D eigenvalue weighted by atomic mass is 10.2. The Morgan fingerprint density at radius 3 is 2.80 bits per heavy atom. The molecule has 0 fully saturated rings. The highest BCUT2D eigenvalue weighted by atomic mass is 32.1. The van der Waals surface area contributed by atoms with Crippen molar-refractivity contribution in [3.05, 3.63) is 11.1 Å². The molecule has 0 saturated heterocycles. The summed E-state index contributed by atoms with van der Waals surface area (Å²) in [5, 5.41) is 2.77. The van der Waals surface area contributed by atoms with E-state index in [2.05, 4.69) is 16.8 Å². The van der Waals surface area contributed by atoms with Gasteiger partial charge in [-0.3, -0.25) is 4.79 Å². The van der Waals surface area contributed by atoms with Gasteiger partial charge in [-0.05, 0) is 6.42 Å². The number of nitrogens with zero attached hydrogens (tertiary/aromatic N) is 2. The van der Waals surface area contributed by atoms with Crippen molar-refractivity contribution in [2.75, 3.05) is 18.5 Å². The standard InChI is InChI=1S/C11H18N2OS/c1-4-5-6-7-13(3)11-12-10(8-15-11)9(2)14/h8H,4-7H2,1-3H3. The summed E-state index contributed by atoms with van der Waals surface area (Å²) in [7, 11) is 2.03. The number of rotatable bonds is 6. The summed E-state index contributed by atoms with van der Waals surface area (Å²) in [6.45, 7) is 4.76. The molecular formula is C11H18N2OS. The average molecular weight is 226 g/mol. The van der Waals surface area contributed by atoms with Gasteiger partial charge in [0.15, 0.2) is 10.9 Å². The van der Waals surface area contributed by atoms with Gasteiger partial charge in [0.1, 0.15) is 5.69 Å². The molecule has 0 aromatic carbocycles. The van der Waals surface area contributed by atoms with Gasteiger partial charge in [-0.1, -0.05) is 19.8 Å². The highest BCUT2D eigenvalue weighted by Crippen LogP contribution is 2.19. The first-order chi connectivity index (χ1) is 7.15. The van der Waals surface area contributed by atoms with E-state index in [0.29, 0.717) is 5.69 Å². The first-order valence-corrected chi connectivity index (χ1v) is 6.20. The molecule has 0 unspecified atom stereocenters. The van der Waals surface area contributed by atoms with Crippen molar-refractivity contribution in [1.29, 1.82) is 0 Å². The first kappa shape index (κ1) is 12.2. The average Bonchev–Trinajstić information content (AvgIpc) is 2.66. The molecule has 0 atom stereocenters. The largest absolute Gasteiger partial charge is 0.351 e. The number of ketones is 1. The number of thiazole rings is 1. The summed E-state index contributed by atoms with van der Waals surface area (Å²) in [4.78, 5) is 17.5. The molecule has 84 valence electrons. The Kier molecular flexibility index (Phi) is 4.75. The van der Waals surface area contributed by atoms with Crippen LogP contribution in [0.25, 0.3) is 0 Å². The Hall–Kier alpha value is -0.900. The fraction of sp³-hybridized carbons (Fsp3) is 0.636. The lowest BCUT2D eigenvalue weighted by Gasteiger charge is -2.14. The van der Waals surface area contributed by atoms with Gasteiger partial charge in [-0.15, -0.1) is 11.3 Å². The van der Waals surface area contributed by atoms with Crippen LogP contribution in [0, 0.1) is 0 Å². The molecule has 0 radical (unpaired) electrons. The minimum atomic E-state index is 0.0412. The molecule has 3 nitrogen and oxygen atoms in total. The third-order valence-electron chi connectivity index (χ3n) is 2.28. The van der Waals surface area contributed by atoms with Crippen LogP contribution in [0.2, 0.25) is 0 Å². The third-order valence-corrected chi connectivity index (χ3v) is 3.23. The second-order valence-corrected chi connectivity index (χ2v) is 4.54. The Morgan fingerprint density at radius 1 is 1.53 bits per heavy atom. The molecule has 1 aromatic rings. The summed E-state index contributed by atoms with van der Waals surface area (Å²) in [5.41, 5.74) is 0.581. The number of hydrogen-bond acceptors (Lipinski definition) is 4. The first-order valence-electron chi connectivity index (χ1n) is 5.32. The number of carbonyl (C=O) groups is 1. The van der Waals surface area contributed by atoms with Crippen LogP contribution in [0.5, 0.6) is 0 Å². The van der Waals surface area contributed by atoms with E-state index in [0.717, 1.165) is 11.7 Å². The minimum Gasteiger partial charge on any atom is -0.351 e. The number of Topliss-reactive ketones (excluding diaryl/α,β-unsaturated/α-hetero) is 1. The zero-order valence-corrected chi connectivity index (χ0v) is 10.4. The van der Waals surface area contributed by atoms with Crippen LogP contribution >= 0.6 is 11.3 Å². The van der Waals surface area contributed by atoms with E-state index in [9.17, 15) is 4.79 Å². The summed E-state index contributed by atoms with van der Waals surface area (Å²) < 4.78 is 0. The van der Waals surface area contributed by atoms with Crippen LogP contribution in [0.3, 0.4) is 0 Å². The van der Waals surface area contributed by atoms with E-state index in [4.69, 9.17) is 0 Å². The van der Waals surface area contributed by atoms with Crippen LogP contribution in [-0.4, -0.2) is 24.4 Å². The quantitative estimate of drug-likeness (QED) is 0.552. The molecule has 0 aliphatic rings.